The van der Waals surface area contributed by atoms with Gasteiger partial charge in [-0.15, -0.1) is 0 Å². The largest absolute Gasteiger partial charge is 0.396 e. The maximum absolute atomic E-state index is 10.3. The van der Waals surface area contributed by atoms with Crippen molar-refractivity contribution in [1.29, 1.82) is 0 Å². The lowest BCUT2D eigenvalue weighted by atomic mass is 9.87. The van der Waals surface area contributed by atoms with Gasteiger partial charge >= 0.3 is 0 Å². The Labute approximate surface area is 153 Å². The molecule has 6 nitrogen and oxygen atoms in total. The van der Waals surface area contributed by atoms with E-state index in [1.54, 1.807) is 24.3 Å². The van der Waals surface area contributed by atoms with Crippen LogP contribution in [0.25, 0.3) is 0 Å². The minimum absolute atomic E-state index is 0.383. The number of aliphatic hydroxyl groups is 6. The average Bonchev–Trinajstić information content (AvgIpc) is 2.71. The van der Waals surface area contributed by atoms with Crippen molar-refractivity contribution >= 4 is 0 Å². The van der Waals surface area contributed by atoms with Crippen molar-refractivity contribution in [3.63, 3.8) is 0 Å². The van der Waals surface area contributed by atoms with Crippen molar-refractivity contribution < 1.29 is 30.6 Å². The second kappa shape index (κ2) is 10.4. The van der Waals surface area contributed by atoms with E-state index < -0.39 is 37.6 Å². The van der Waals surface area contributed by atoms with Gasteiger partial charge < -0.3 is 30.6 Å². The third-order valence-electron chi connectivity index (χ3n) is 4.44. The molecule has 0 fully saturated rings. The monoisotopic (exact) mass is 364 g/mol. The van der Waals surface area contributed by atoms with E-state index in [4.69, 9.17) is 20.4 Å². The molecule has 2 aromatic carbocycles. The van der Waals surface area contributed by atoms with Gasteiger partial charge in [-0.05, 0) is 5.56 Å². The molecule has 6 N–H and O–H groups in total. The molecule has 0 aliphatic heterocycles. The molecule has 0 aromatic heterocycles. The maximum Gasteiger partial charge on any atom is 0.196 e. The van der Waals surface area contributed by atoms with Crippen molar-refractivity contribution in [2.24, 2.45) is 5.41 Å². The molecule has 26 heavy (non-hydrogen) atoms. The zero-order valence-corrected chi connectivity index (χ0v) is 14.9. The Bertz CT molecular complexity index is 593. The zero-order valence-electron chi connectivity index (χ0n) is 14.9. The van der Waals surface area contributed by atoms with Gasteiger partial charge in [-0.25, -0.2) is 0 Å². The summed E-state index contributed by atoms with van der Waals surface area (Å²) in [5, 5.41) is 54.5. The van der Waals surface area contributed by atoms with Gasteiger partial charge in [-0.2, -0.15) is 0 Å². The van der Waals surface area contributed by atoms with Crippen LogP contribution in [0.15, 0.2) is 60.7 Å². The zero-order chi connectivity index (χ0) is 19.6. The fourth-order valence-corrected chi connectivity index (χ4v) is 2.21. The molecule has 0 heterocycles. The standard InChI is InChI=1S/C15H16O2.C5H12O4/c1-12(13-8-4-2-5-9-13)15(16,17)14-10-6-3-7-11-14;6-1-5(2-7,3-8)4-9/h2-12,16-17H,1H3;6-9H,1-4H2. The van der Waals surface area contributed by atoms with Crippen molar-refractivity contribution in [3.8, 4) is 0 Å². The topological polar surface area (TPSA) is 121 Å². The highest BCUT2D eigenvalue weighted by Gasteiger charge is 2.33. The van der Waals surface area contributed by atoms with E-state index in [2.05, 4.69) is 0 Å². The van der Waals surface area contributed by atoms with Crippen LogP contribution >= 0.6 is 0 Å². The fraction of sp³-hybridized carbons (Fsp3) is 0.400. The van der Waals surface area contributed by atoms with E-state index in [-0.39, 0.29) is 5.92 Å². The summed E-state index contributed by atoms with van der Waals surface area (Å²) in [4.78, 5) is 0. The van der Waals surface area contributed by atoms with Gasteiger partial charge in [0.25, 0.3) is 0 Å². The van der Waals surface area contributed by atoms with Gasteiger partial charge in [0.05, 0.1) is 31.8 Å². The number of benzene rings is 2. The van der Waals surface area contributed by atoms with Crippen LogP contribution in [0.3, 0.4) is 0 Å². The third-order valence-corrected chi connectivity index (χ3v) is 4.44. The van der Waals surface area contributed by atoms with Crippen LogP contribution in [0.1, 0.15) is 24.0 Å². The Balaban J connectivity index is 0.000000321. The molecule has 0 saturated heterocycles. The fourth-order valence-electron chi connectivity index (χ4n) is 2.21. The first-order valence-electron chi connectivity index (χ1n) is 8.35. The first-order chi connectivity index (χ1) is 12.4. The molecule has 0 aliphatic rings. The van der Waals surface area contributed by atoms with Gasteiger partial charge in [0, 0.05) is 11.5 Å². The van der Waals surface area contributed by atoms with Crippen molar-refractivity contribution in [3.05, 3.63) is 71.8 Å². The lowest BCUT2D eigenvalue weighted by molar-refractivity contribution is -0.185. The highest BCUT2D eigenvalue weighted by Crippen LogP contribution is 2.34. The number of aliphatic hydroxyl groups excluding tert-OH is 4. The number of hydrogen-bond donors (Lipinski definition) is 6. The molecule has 2 aromatic rings. The molecule has 0 bridgehead atoms. The Hall–Kier alpha value is -1.80. The van der Waals surface area contributed by atoms with Gasteiger partial charge in [0.15, 0.2) is 5.79 Å². The van der Waals surface area contributed by atoms with Crippen molar-refractivity contribution in [2.75, 3.05) is 26.4 Å². The van der Waals surface area contributed by atoms with Gasteiger partial charge in [0.1, 0.15) is 0 Å². The predicted octanol–water partition coefficient (Wildman–Crippen LogP) is 0.570. The number of rotatable bonds is 7. The summed E-state index contributed by atoms with van der Waals surface area (Å²) < 4.78 is 0. The van der Waals surface area contributed by atoms with Crippen LogP contribution < -0.4 is 0 Å². The van der Waals surface area contributed by atoms with Crippen molar-refractivity contribution in [1.82, 2.24) is 0 Å². The third kappa shape index (κ3) is 5.60. The van der Waals surface area contributed by atoms with Crippen LogP contribution in [0.5, 0.6) is 0 Å². The van der Waals surface area contributed by atoms with E-state index in [9.17, 15) is 10.2 Å². The van der Waals surface area contributed by atoms with E-state index in [0.29, 0.717) is 5.56 Å². The predicted molar refractivity (Wildman–Crippen MR) is 98.2 cm³/mol. The van der Waals surface area contributed by atoms with E-state index in [0.717, 1.165) is 5.56 Å². The van der Waals surface area contributed by atoms with E-state index in [1.807, 2.05) is 43.3 Å². The first kappa shape index (κ1) is 22.2. The molecule has 1 unspecified atom stereocenters. The SMILES string of the molecule is CC(c1ccccc1)C(O)(O)c1ccccc1.OCC(CO)(CO)CO. The molecule has 0 aliphatic carbocycles. The Kier molecular flexibility index (Phi) is 8.87. The summed E-state index contributed by atoms with van der Waals surface area (Å²) in [6, 6.07) is 18.4. The smallest absolute Gasteiger partial charge is 0.196 e. The molecular weight excluding hydrogens is 336 g/mol. The Morgan fingerprint density at radius 2 is 1.08 bits per heavy atom. The summed E-state index contributed by atoms with van der Waals surface area (Å²) in [6.07, 6.45) is 0. The molecular formula is C20H28O6. The summed E-state index contributed by atoms with van der Waals surface area (Å²) in [5.74, 6) is -2.23. The second-order valence-electron chi connectivity index (χ2n) is 6.36. The Morgan fingerprint density at radius 3 is 1.42 bits per heavy atom. The van der Waals surface area contributed by atoms with Crippen LogP contribution in [0, 0.1) is 5.41 Å². The molecule has 6 heteroatoms. The lowest BCUT2D eigenvalue weighted by Crippen LogP contribution is -2.37. The van der Waals surface area contributed by atoms with Crippen LogP contribution in [-0.2, 0) is 5.79 Å². The van der Waals surface area contributed by atoms with E-state index >= 15 is 0 Å². The van der Waals surface area contributed by atoms with Crippen molar-refractivity contribution in [2.45, 2.75) is 18.6 Å². The minimum Gasteiger partial charge on any atom is -0.396 e. The highest BCUT2D eigenvalue weighted by molar-refractivity contribution is 5.28. The van der Waals surface area contributed by atoms with Crippen LogP contribution in [0.2, 0.25) is 0 Å². The molecule has 2 rings (SSSR count). The number of hydrogen-bond acceptors (Lipinski definition) is 6. The summed E-state index contributed by atoms with van der Waals surface area (Å²) >= 11 is 0. The minimum atomic E-state index is -1.84. The normalized spacial score (nSPS) is 12.9. The van der Waals surface area contributed by atoms with Crippen LogP contribution in [0.4, 0.5) is 0 Å². The summed E-state index contributed by atoms with van der Waals surface area (Å²) in [5.41, 5.74) is 0.303. The maximum atomic E-state index is 10.3. The van der Waals surface area contributed by atoms with Gasteiger partial charge in [-0.3, -0.25) is 0 Å². The molecule has 0 radical (unpaired) electrons. The molecule has 0 amide bonds. The Morgan fingerprint density at radius 1 is 0.692 bits per heavy atom. The molecule has 0 saturated carbocycles. The summed E-state index contributed by atoms with van der Waals surface area (Å²) in [6.45, 7) is 0.183. The van der Waals surface area contributed by atoms with Gasteiger partial charge in [-0.1, -0.05) is 67.6 Å². The van der Waals surface area contributed by atoms with Gasteiger partial charge in [0.2, 0.25) is 0 Å². The average molecular weight is 364 g/mol. The van der Waals surface area contributed by atoms with Crippen LogP contribution in [-0.4, -0.2) is 57.1 Å². The van der Waals surface area contributed by atoms with E-state index in [1.165, 1.54) is 0 Å². The molecule has 1 atom stereocenters. The highest BCUT2D eigenvalue weighted by atomic mass is 16.5. The second-order valence-corrected chi connectivity index (χ2v) is 6.36. The first-order valence-corrected chi connectivity index (χ1v) is 8.35. The molecule has 0 spiro atoms. The lowest BCUT2D eigenvalue weighted by Gasteiger charge is -2.29. The summed E-state index contributed by atoms with van der Waals surface area (Å²) in [7, 11) is 0. The molecule has 144 valence electrons. The quantitative estimate of drug-likeness (QED) is 0.400.